The molecule has 7 nitrogen and oxygen atoms in total. The second kappa shape index (κ2) is 8.92. The Kier molecular flexibility index (Phi) is 5.92. The zero-order valence-electron chi connectivity index (χ0n) is 19.4. The molecule has 5 rings (SSSR count). The largest absolute Gasteiger partial charge is 0.465 e. The van der Waals surface area contributed by atoms with Gasteiger partial charge >= 0.3 is 5.97 Å². The van der Waals surface area contributed by atoms with E-state index in [0.29, 0.717) is 11.1 Å². The first-order valence-electron chi connectivity index (χ1n) is 11.7. The van der Waals surface area contributed by atoms with Crippen molar-refractivity contribution in [3.63, 3.8) is 0 Å². The van der Waals surface area contributed by atoms with Crippen LogP contribution in [0.3, 0.4) is 0 Å². The molecule has 2 atom stereocenters. The highest BCUT2D eigenvalue weighted by molar-refractivity contribution is 6.06. The zero-order valence-corrected chi connectivity index (χ0v) is 19.4. The lowest BCUT2D eigenvalue weighted by Crippen LogP contribution is -2.64. The van der Waals surface area contributed by atoms with Crippen LogP contribution in [0.1, 0.15) is 30.0 Å². The summed E-state index contributed by atoms with van der Waals surface area (Å²) in [4.78, 5) is 40.8. The van der Waals surface area contributed by atoms with Gasteiger partial charge in [-0.1, -0.05) is 91.0 Å². The molecule has 3 aromatic carbocycles. The fraction of sp³-hybridized carbons (Fsp3) is 0.286. The molecule has 2 saturated heterocycles. The van der Waals surface area contributed by atoms with Crippen molar-refractivity contribution in [3.8, 4) is 0 Å². The van der Waals surface area contributed by atoms with Gasteiger partial charge in [-0.3, -0.25) is 9.59 Å². The van der Waals surface area contributed by atoms with Crippen LogP contribution in [0.2, 0.25) is 0 Å². The predicted octanol–water partition coefficient (Wildman–Crippen LogP) is 3.56. The normalized spacial score (nSPS) is 25.2. The van der Waals surface area contributed by atoms with Gasteiger partial charge in [-0.2, -0.15) is 4.89 Å². The van der Waals surface area contributed by atoms with Crippen LogP contribution < -0.4 is 0 Å². The summed E-state index contributed by atoms with van der Waals surface area (Å²) in [5.41, 5.74) is -1.13. The zero-order chi connectivity index (χ0) is 24.5. The number of hydrogen-bond acceptors (Lipinski definition) is 6. The second-order valence-electron chi connectivity index (χ2n) is 8.96. The van der Waals surface area contributed by atoms with Gasteiger partial charge < -0.3 is 14.7 Å². The molecule has 0 unspecified atom stereocenters. The number of ether oxygens (including phenoxy) is 1. The number of amides is 1. The van der Waals surface area contributed by atoms with Crippen LogP contribution in [0.4, 0.5) is 0 Å². The molecule has 35 heavy (non-hydrogen) atoms. The van der Waals surface area contributed by atoms with Crippen molar-refractivity contribution in [1.29, 1.82) is 0 Å². The molecule has 0 bridgehead atoms. The average Bonchev–Trinajstić information content (AvgIpc) is 3.12. The highest BCUT2D eigenvalue weighted by Crippen LogP contribution is 2.57. The number of hydrogen-bond donors (Lipinski definition) is 1. The molecular formula is C28H27NO6. The van der Waals surface area contributed by atoms with Gasteiger partial charge in [0.1, 0.15) is 0 Å². The lowest BCUT2D eigenvalue weighted by molar-refractivity contribution is -0.497. The van der Waals surface area contributed by atoms with Gasteiger partial charge in [-0.05, 0) is 23.6 Å². The Morgan fingerprint density at radius 3 is 2.00 bits per heavy atom. The first kappa shape index (κ1) is 23.2. The number of aliphatic hydroxyl groups is 1. The first-order chi connectivity index (χ1) is 17.0. The van der Waals surface area contributed by atoms with E-state index in [9.17, 15) is 14.7 Å². The van der Waals surface area contributed by atoms with E-state index in [2.05, 4.69) is 0 Å². The Morgan fingerprint density at radius 2 is 1.46 bits per heavy atom. The maximum absolute atomic E-state index is 14.1. The quantitative estimate of drug-likeness (QED) is 0.335. The van der Waals surface area contributed by atoms with Crippen molar-refractivity contribution < 1.29 is 29.2 Å². The Bertz CT molecular complexity index is 1160. The molecular weight excluding hydrogens is 446 g/mol. The molecule has 0 radical (unpaired) electrons. The Morgan fingerprint density at radius 1 is 0.914 bits per heavy atom. The number of rotatable bonds is 6. The maximum atomic E-state index is 14.1. The van der Waals surface area contributed by atoms with E-state index in [1.165, 1.54) is 4.90 Å². The fourth-order valence-electron chi connectivity index (χ4n) is 5.14. The first-order valence-corrected chi connectivity index (χ1v) is 11.7. The summed E-state index contributed by atoms with van der Waals surface area (Å²) in [5, 5.41) is 11.7. The summed E-state index contributed by atoms with van der Waals surface area (Å²) < 4.78 is 5.40. The molecule has 3 aromatic rings. The predicted molar refractivity (Wildman–Crippen MR) is 126 cm³/mol. The summed E-state index contributed by atoms with van der Waals surface area (Å²) in [5.74, 6) is -3.61. The Hall–Kier alpha value is -3.52. The fourth-order valence-corrected chi connectivity index (χ4v) is 5.14. The minimum Gasteiger partial charge on any atom is -0.465 e. The number of fused-ring (bicyclic) bond motifs is 1. The van der Waals surface area contributed by atoms with Crippen LogP contribution in [-0.2, 0) is 36.2 Å². The van der Waals surface area contributed by atoms with Gasteiger partial charge in [0.05, 0.1) is 13.2 Å². The van der Waals surface area contributed by atoms with Gasteiger partial charge in [-0.15, -0.1) is 0 Å². The third-order valence-electron chi connectivity index (χ3n) is 6.88. The highest BCUT2D eigenvalue weighted by Gasteiger charge is 2.76. The smallest absolute Gasteiger partial charge is 0.327 e. The number of carbonyl (C=O) groups is 2. The third kappa shape index (κ3) is 3.63. The monoisotopic (exact) mass is 473 g/mol. The lowest BCUT2D eigenvalue weighted by Gasteiger charge is -2.48. The second-order valence-corrected chi connectivity index (χ2v) is 8.96. The topological polar surface area (TPSA) is 85.3 Å². The summed E-state index contributed by atoms with van der Waals surface area (Å²) in [6.07, 6.45) is -0.187. The summed E-state index contributed by atoms with van der Waals surface area (Å²) in [6, 6.07) is 27.9. The third-order valence-corrected chi connectivity index (χ3v) is 6.88. The van der Waals surface area contributed by atoms with Crippen molar-refractivity contribution in [1.82, 2.24) is 4.90 Å². The van der Waals surface area contributed by atoms with E-state index >= 15 is 0 Å². The molecule has 0 spiro atoms. The molecule has 2 heterocycles. The standard InChI is InChI=1S/C28H27NO6/c1-2-33-25(31)26-19-27(22-14-8-4-9-15-22,23-16-10-5-11-17-23)34-35-28(26,32)20-29(24(26)30)18-21-12-6-3-7-13-21/h3-17,32H,2,18-20H2,1H3/t26-,28+/m1/s1. The van der Waals surface area contributed by atoms with E-state index < -0.39 is 28.7 Å². The van der Waals surface area contributed by atoms with E-state index in [0.717, 1.165) is 5.56 Å². The molecule has 2 aliphatic heterocycles. The van der Waals surface area contributed by atoms with Gasteiger partial charge in [0, 0.05) is 13.0 Å². The molecule has 180 valence electrons. The molecule has 2 fully saturated rings. The van der Waals surface area contributed by atoms with E-state index in [1.807, 2.05) is 91.0 Å². The van der Waals surface area contributed by atoms with E-state index in [4.69, 9.17) is 14.5 Å². The Labute approximate surface area is 203 Å². The number of carbonyl (C=O) groups excluding carboxylic acids is 2. The van der Waals surface area contributed by atoms with Crippen LogP contribution in [0, 0.1) is 5.41 Å². The molecule has 1 amide bonds. The Balaban J connectivity index is 1.65. The average molecular weight is 474 g/mol. The van der Waals surface area contributed by atoms with Gasteiger partial charge in [0.15, 0.2) is 5.60 Å². The molecule has 2 aliphatic rings. The minimum atomic E-state index is -2.22. The molecule has 0 saturated carbocycles. The van der Waals surface area contributed by atoms with Gasteiger partial charge in [-0.25, -0.2) is 4.89 Å². The van der Waals surface area contributed by atoms with Crippen molar-refractivity contribution in [2.45, 2.75) is 31.3 Å². The van der Waals surface area contributed by atoms with Crippen molar-refractivity contribution in [2.75, 3.05) is 13.2 Å². The van der Waals surface area contributed by atoms with Crippen molar-refractivity contribution >= 4 is 11.9 Å². The van der Waals surface area contributed by atoms with Crippen LogP contribution in [0.5, 0.6) is 0 Å². The SMILES string of the molecule is CCOC(=O)[C@]12CC(c3ccccc3)(c3ccccc3)OO[C@@]1(O)CN(Cc1ccccc1)C2=O. The van der Waals surface area contributed by atoms with Crippen molar-refractivity contribution in [3.05, 3.63) is 108 Å². The lowest BCUT2D eigenvalue weighted by atomic mass is 9.67. The van der Waals surface area contributed by atoms with E-state index in [1.54, 1.807) is 6.92 Å². The summed E-state index contributed by atoms with van der Waals surface area (Å²) in [6.45, 7) is 1.68. The highest BCUT2D eigenvalue weighted by atomic mass is 17.2. The van der Waals surface area contributed by atoms with Gasteiger partial charge in [0.25, 0.3) is 0 Å². The number of esters is 1. The number of likely N-dealkylation sites (tertiary alicyclic amines) is 1. The molecule has 1 N–H and O–H groups in total. The molecule has 7 heteroatoms. The van der Waals surface area contributed by atoms with Crippen LogP contribution in [0.25, 0.3) is 0 Å². The van der Waals surface area contributed by atoms with Crippen LogP contribution in [-0.4, -0.2) is 40.8 Å². The summed E-state index contributed by atoms with van der Waals surface area (Å²) in [7, 11) is 0. The molecule has 0 aromatic heterocycles. The molecule has 0 aliphatic carbocycles. The number of nitrogens with zero attached hydrogens (tertiary/aromatic N) is 1. The summed E-state index contributed by atoms with van der Waals surface area (Å²) >= 11 is 0. The van der Waals surface area contributed by atoms with Crippen LogP contribution >= 0.6 is 0 Å². The number of β-amino-alcohol motifs (C(OH)–C–C–N with tert-alkyl or cyclic N) is 1. The maximum Gasteiger partial charge on any atom is 0.327 e. The van der Waals surface area contributed by atoms with E-state index in [-0.39, 0.29) is 26.1 Å². The minimum absolute atomic E-state index is 0.0488. The van der Waals surface area contributed by atoms with Crippen molar-refractivity contribution in [2.24, 2.45) is 5.41 Å². The van der Waals surface area contributed by atoms with Crippen LogP contribution in [0.15, 0.2) is 91.0 Å². The van der Waals surface area contributed by atoms with Gasteiger partial charge in [0.2, 0.25) is 17.1 Å². The number of benzene rings is 3.